The van der Waals surface area contributed by atoms with Crippen molar-refractivity contribution in [2.75, 3.05) is 26.8 Å². The summed E-state index contributed by atoms with van der Waals surface area (Å²) in [6, 6.07) is 13.8. The molecule has 0 aliphatic heterocycles. The maximum absolute atomic E-state index is 13.4. The van der Waals surface area contributed by atoms with E-state index in [0.29, 0.717) is 37.5 Å². The molecule has 2 heterocycles. The molecule has 3 aromatic rings. The molecule has 2 amide bonds. The van der Waals surface area contributed by atoms with Crippen LogP contribution in [0.5, 0.6) is 0 Å². The highest BCUT2D eigenvalue weighted by Gasteiger charge is 2.23. The number of nitrogens with zero attached hydrogens (tertiary/aromatic N) is 2. The fourth-order valence-corrected chi connectivity index (χ4v) is 4.87. The normalized spacial score (nSPS) is 10.8. The predicted octanol–water partition coefficient (Wildman–Crippen LogP) is 4.96. The van der Waals surface area contributed by atoms with E-state index in [0.717, 1.165) is 10.4 Å². The number of methoxy groups -OCH3 is 1. The van der Waals surface area contributed by atoms with Crippen LogP contribution in [0.25, 0.3) is 0 Å². The van der Waals surface area contributed by atoms with E-state index in [1.807, 2.05) is 30.5 Å². The molecule has 0 fully saturated rings. The number of aryl methyl sites for hydroxylation is 1. The van der Waals surface area contributed by atoms with Gasteiger partial charge >= 0.3 is 0 Å². The van der Waals surface area contributed by atoms with Gasteiger partial charge in [0.2, 0.25) is 5.91 Å². The van der Waals surface area contributed by atoms with Gasteiger partial charge in [-0.2, -0.15) is 0 Å². The highest BCUT2D eigenvalue weighted by molar-refractivity contribution is 7.12. The summed E-state index contributed by atoms with van der Waals surface area (Å²) in [4.78, 5) is 32.5. The molecule has 0 unspecified atom stereocenters. The standard InChI is InChI=1S/C24H27FN2O3S2/c1-18-6-11-21(32-18)16-27(15-19-7-9-20(25)10-8-19)23(28)17-26(12-4-13-30-2)24(29)22-5-3-14-31-22/h3,5-11,14H,4,12-13,15-17H2,1-2H3. The van der Waals surface area contributed by atoms with E-state index < -0.39 is 0 Å². The lowest BCUT2D eigenvalue weighted by molar-refractivity contribution is -0.133. The van der Waals surface area contributed by atoms with Gasteiger partial charge in [-0.25, -0.2) is 4.39 Å². The largest absolute Gasteiger partial charge is 0.385 e. The number of amides is 2. The van der Waals surface area contributed by atoms with Crippen LogP contribution in [-0.4, -0.2) is 48.4 Å². The summed E-state index contributed by atoms with van der Waals surface area (Å²) in [6.07, 6.45) is 0.642. The summed E-state index contributed by atoms with van der Waals surface area (Å²) >= 11 is 3.00. The summed E-state index contributed by atoms with van der Waals surface area (Å²) in [6.45, 7) is 3.72. The van der Waals surface area contributed by atoms with Crippen LogP contribution in [0.1, 0.15) is 31.4 Å². The molecule has 0 spiro atoms. The van der Waals surface area contributed by atoms with E-state index in [2.05, 4.69) is 0 Å². The molecule has 0 atom stereocenters. The Labute approximate surface area is 196 Å². The molecular weight excluding hydrogens is 447 g/mol. The van der Waals surface area contributed by atoms with Crippen LogP contribution in [0.2, 0.25) is 0 Å². The molecule has 0 aliphatic carbocycles. The second-order valence-corrected chi connectivity index (χ2v) is 9.76. The third-order valence-electron chi connectivity index (χ3n) is 4.90. The smallest absolute Gasteiger partial charge is 0.264 e. The molecule has 0 bridgehead atoms. The lowest BCUT2D eigenvalue weighted by Crippen LogP contribution is -2.42. The van der Waals surface area contributed by atoms with Crippen molar-refractivity contribution in [3.8, 4) is 0 Å². The molecule has 0 saturated heterocycles. The number of hydrogen-bond donors (Lipinski definition) is 0. The second-order valence-electron chi connectivity index (χ2n) is 7.44. The highest BCUT2D eigenvalue weighted by Crippen LogP contribution is 2.20. The van der Waals surface area contributed by atoms with Gasteiger partial charge in [0.15, 0.2) is 0 Å². The highest BCUT2D eigenvalue weighted by atomic mass is 32.1. The Morgan fingerprint density at radius 3 is 2.44 bits per heavy atom. The molecule has 170 valence electrons. The van der Waals surface area contributed by atoms with Gasteiger partial charge in [-0.3, -0.25) is 9.59 Å². The minimum absolute atomic E-state index is 0.0218. The van der Waals surface area contributed by atoms with Crippen LogP contribution in [-0.2, 0) is 22.6 Å². The zero-order valence-corrected chi connectivity index (χ0v) is 19.9. The van der Waals surface area contributed by atoms with Crippen LogP contribution in [0.3, 0.4) is 0 Å². The second kappa shape index (κ2) is 11.9. The van der Waals surface area contributed by atoms with Gasteiger partial charge in [0, 0.05) is 36.6 Å². The Morgan fingerprint density at radius 1 is 1.03 bits per heavy atom. The number of ether oxygens (including phenoxy) is 1. The number of halogens is 1. The summed E-state index contributed by atoms with van der Waals surface area (Å²) in [5.41, 5.74) is 0.837. The average Bonchev–Trinajstić information content (AvgIpc) is 3.45. The van der Waals surface area contributed by atoms with Gasteiger partial charge in [0.25, 0.3) is 5.91 Å². The monoisotopic (exact) mass is 474 g/mol. The van der Waals surface area contributed by atoms with Crippen molar-refractivity contribution >= 4 is 34.5 Å². The fourth-order valence-electron chi connectivity index (χ4n) is 3.27. The number of rotatable bonds is 11. The Hall–Kier alpha value is -2.55. The lowest BCUT2D eigenvalue weighted by Gasteiger charge is -2.27. The van der Waals surface area contributed by atoms with Crippen molar-refractivity contribution < 1.29 is 18.7 Å². The van der Waals surface area contributed by atoms with E-state index in [1.165, 1.54) is 28.3 Å². The minimum Gasteiger partial charge on any atom is -0.385 e. The Balaban J connectivity index is 1.77. The zero-order valence-electron chi connectivity index (χ0n) is 18.3. The Bertz CT molecular complexity index is 1000. The first-order valence-corrected chi connectivity index (χ1v) is 12.0. The van der Waals surface area contributed by atoms with E-state index in [9.17, 15) is 14.0 Å². The van der Waals surface area contributed by atoms with Crippen LogP contribution < -0.4 is 0 Å². The van der Waals surface area contributed by atoms with Gasteiger partial charge in [0.05, 0.1) is 11.4 Å². The molecule has 8 heteroatoms. The number of thiophene rings is 2. The number of hydrogen-bond acceptors (Lipinski definition) is 5. The first-order valence-electron chi connectivity index (χ1n) is 10.4. The zero-order chi connectivity index (χ0) is 22.9. The number of benzene rings is 1. The lowest BCUT2D eigenvalue weighted by atomic mass is 10.2. The average molecular weight is 475 g/mol. The van der Waals surface area contributed by atoms with E-state index in [1.54, 1.807) is 46.4 Å². The van der Waals surface area contributed by atoms with Crippen LogP contribution in [0.4, 0.5) is 4.39 Å². The van der Waals surface area contributed by atoms with Crippen molar-refractivity contribution in [1.82, 2.24) is 9.80 Å². The summed E-state index contributed by atoms with van der Waals surface area (Å²) in [5.74, 6) is -0.618. The summed E-state index contributed by atoms with van der Waals surface area (Å²) < 4.78 is 18.5. The van der Waals surface area contributed by atoms with Gasteiger partial charge in [-0.1, -0.05) is 18.2 Å². The van der Waals surface area contributed by atoms with Crippen molar-refractivity contribution in [2.24, 2.45) is 0 Å². The van der Waals surface area contributed by atoms with Crippen molar-refractivity contribution in [2.45, 2.75) is 26.4 Å². The molecule has 1 aromatic carbocycles. The number of carbonyl (C=O) groups excluding carboxylic acids is 2. The van der Waals surface area contributed by atoms with E-state index in [-0.39, 0.29) is 24.2 Å². The third-order valence-corrected chi connectivity index (χ3v) is 6.75. The Morgan fingerprint density at radius 2 is 1.81 bits per heavy atom. The minimum atomic E-state index is -0.314. The molecule has 32 heavy (non-hydrogen) atoms. The topological polar surface area (TPSA) is 49.9 Å². The SMILES string of the molecule is COCCCN(CC(=O)N(Cc1ccc(F)cc1)Cc1ccc(C)s1)C(=O)c1cccs1. The molecule has 0 radical (unpaired) electrons. The van der Waals surface area contributed by atoms with Crippen LogP contribution in [0, 0.1) is 12.7 Å². The third kappa shape index (κ3) is 6.98. The van der Waals surface area contributed by atoms with Crippen LogP contribution >= 0.6 is 22.7 Å². The summed E-state index contributed by atoms with van der Waals surface area (Å²) in [7, 11) is 1.62. The van der Waals surface area contributed by atoms with E-state index in [4.69, 9.17) is 4.74 Å². The quantitative estimate of drug-likeness (QED) is 0.369. The van der Waals surface area contributed by atoms with Gasteiger partial charge < -0.3 is 14.5 Å². The maximum atomic E-state index is 13.4. The van der Waals surface area contributed by atoms with Gasteiger partial charge in [0.1, 0.15) is 12.4 Å². The molecule has 0 aliphatic rings. The molecule has 5 nitrogen and oxygen atoms in total. The fraction of sp³-hybridized carbons (Fsp3) is 0.333. The van der Waals surface area contributed by atoms with Crippen molar-refractivity contribution in [3.63, 3.8) is 0 Å². The predicted molar refractivity (Wildman–Crippen MR) is 126 cm³/mol. The van der Waals surface area contributed by atoms with Crippen molar-refractivity contribution in [1.29, 1.82) is 0 Å². The number of carbonyl (C=O) groups is 2. The molecule has 2 aromatic heterocycles. The van der Waals surface area contributed by atoms with Gasteiger partial charge in [-0.05, 0) is 54.6 Å². The van der Waals surface area contributed by atoms with E-state index >= 15 is 0 Å². The first kappa shape index (κ1) is 24.1. The maximum Gasteiger partial charge on any atom is 0.264 e. The van der Waals surface area contributed by atoms with Gasteiger partial charge in [-0.15, -0.1) is 22.7 Å². The summed E-state index contributed by atoms with van der Waals surface area (Å²) in [5, 5.41) is 1.85. The Kier molecular flexibility index (Phi) is 8.96. The van der Waals surface area contributed by atoms with Crippen LogP contribution in [0.15, 0.2) is 53.9 Å². The molecular formula is C24H27FN2O3S2. The molecule has 0 saturated carbocycles. The molecule has 3 rings (SSSR count). The molecule has 0 N–H and O–H groups in total. The van der Waals surface area contributed by atoms with Crippen molar-refractivity contribution in [3.05, 3.63) is 79.9 Å². The first-order chi connectivity index (χ1) is 15.5.